The second-order valence-electron chi connectivity index (χ2n) is 4.88. The predicted molar refractivity (Wildman–Crippen MR) is 95.4 cm³/mol. The van der Waals surface area contributed by atoms with E-state index in [1.165, 1.54) is 11.8 Å². The molecule has 2 fully saturated rings. The standard InChI is InChI=1S/C14H11ClN4O3S2/c15-8-3-1-7(2-4-8)9(20)5-10-12(22)17-14(24-10)19-18-13-16-11(21)6-23-13/h1-4,10H,5-6H2,(H,16,18,21)(H,17,19,22). The van der Waals surface area contributed by atoms with Crippen LogP contribution in [0.3, 0.4) is 0 Å². The zero-order valence-corrected chi connectivity index (χ0v) is 14.5. The van der Waals surface area contributed by atoms with Crippen molar-refractivity contribution in [1.82, 2.24) is 10.6 Å². The van der Waals surface area contributed by atoms with E-state index in [-0.39, 0.29) is 24.0 Å². The average Bonchev–Trinajstić information content (AvgIpc) is 3.12. The van der Waals surface area contributed by atoms with Gasteiger partial charge in [-0.25, -0.2) is 0 Å². The summed E-state index contributed by atoms with van der Waals surface area (Å²) in [6.45, 7) is 0. The number of rotatable bonds is 4. The van der Waals surface area contributed by atoms with Crippen LogP contribution in [0.25, 0.3) is 0 Å². The Balaban J connectivity index is 1.61. The normalized spacial score (nSPS) is 23.6. The van der Waals surface area contributed by atoms with Gasteiger partial charge in [-0.3, -0.25) is 14.4 Å². The van der Waals surface area contributed by atoms with Crippen molar-refractivity contribution in [3.63, 3.8) is 0 Å². The largest absolute Gasteiger partial charge is 0.303 e. The van der Waals surface area contributed by atoms with Crippen molar-refractivity contribution in [2.45, 2.75) is 11.7 Å². The first-order valence-corrected chi connectivity index (χ1v) is 9.10. The van der Waals surface area contributed by atoms with Gasteiger partial charge in [0.05, 0.1) is 11.0 Å². The fraction of sp³-hybridized carbons (Fsp3) is 0.214. The van der Waals surface area contributed by atoms with Gasteiger partial charge in [-0.1, -0.05) is 35.1 Å². The number of amidine groups is 2. The molecular weight excluding hydrogens is 372 g/mol. The number of ketones is 1. The third kappa shape index (κ3) is 4.16. The molecule has 124 valence electrons. The number of carbonyl (C=O) groups is 3. The molecule has 0 bridgehead atoms. The number of nitrogens with zero attached hydrogens (tertiary/aromatic N) is 2. The number of Topliss-reactive ketones (excluding diaryl/α,β-unsaturated/α-hetero) is 1. The molecule has 3 rings (SSSR count). The maximum atomic E-state index is 12.2. The van der Waals surface area contributed by atoms with Gasteiger partial charge < -0.3 is 10.6 Å². The molecule has 0 saturated carbocycles. The molecule has 0 spiro atoms. The van der Waals surface area contributed by atoms with Gasteiger partial charge in [-0.2, -0.15) is 0 Å². The molecule has 24 heavy (non-hydrogen) atoms. The summed E-state index contributed by atoms with van der Waals surface area (Å²) in [7, 11) is 0. The molecule has 7 nitrogen and oxygen atoms in total. The summed E-state index contributed by atoms with van der Waals surface area (Å²) in [6.07, 6.45) is 0.0548. The Morgan fingerprint density at radius 1 is 1.17 bits per heavy atom. The SMILES string of the molecule is O=C1CS/C(=N/N=C2\NC(=O)C(CC(=O)c3ccc(Cl)cc3)S2)N1. The van der Waals surface area contributed by atoms with Crippen LogP contribution in [0.2, 0.25) is 5.02 Å². The first-order chi connectivity index (χ1) is 11.5. The van der Waals surface area contributed by atoms with E-state index in [2.05, 4.69) is 20.8 Å². The van der Waals surface area contributed by atoms with Crippen LogP contribution in [0.1, 0.15) is 16.8 Å². The number of nitrogens with one attached hydrogen (secondary N) is 2. The third-order valence-electron chi connectivity index (χ3n) is 3.13. The zero-order chi connectivity index (χ0) is 17.1. The number of benzene rings is 1. The number of amides is 2. The van der Waals surface area contributed by atoms with E-state index in [0.717, 1.165) is 11.8 Å². The van der Waals surface area contributed by atoms with Crippen LogP contribution in [0.15, 0.2) is 34.5 Å². The van der Waals surface area contributed by atoms with Gasteiger partial charge >= 0.3 is 0 Å². The topological polar surface area (TPSA) is 100.0 Å². The first kappa shape index (κ1) is 17.0. The van der Waals surface area contributed by atoms with Crippen LogP contribution >= 0.6 is 35.1 Å². The third-order valence-corrected chi connectivity index (χ3v) is 5.32. The molecule has 1 unspecified atom stereocenters. The summed E-state index contributed by atoms with van der Waals surface area (Å²) in [6, 6.07) is 6.52. The predicted octanol–water partition coefficient (Wildman–Crippen LogP) is 1.63. The summed E-state index contributed by atoms with van der Waals surface area (Å²) in [4.78, 5) is 35.2. The fourth-order valence-electron chi connectivity index (χ4n) is 1.98. The monoisotopic (exact) mass is 382 g/mol. The van der Waals surface area contributed by atoms with E-state index < -0.39 is 5.25 Å². The Morgan fingerprint density at radius 3 is 2.54 bits per heavy atom. The fourth-order valence-corrected chi connectivity index (χ4v) is 3.65. The number of carbonyl (C=O) groups excluding carboxylic acids is 3. The highest BCUT2D eigenvalue weighted by atomic mass is 35.5. The maximum absolute atomic E-state index is 12.2. The van der Waals surface area contributed by atoms with E-state index in [0.29, 0.717) is 26.7 Å². The van der Waals surface area contributed by atoms with Crippen molar-refractivity contribution >= 4 is 63.1 Å². The van der Waals surface area contributed by atoms with Crippen LogP contribution in [0, 0.1) is 0 Å². The quantitative estimate of drug-likeness (QED) is 0.609. The molecule has 1 aromatic carbocycles. The highest BCUT2D eigenvalue weighted by Crippen LogP contribution is 2.24. The molecule has 2 amide bonds. The van der Waals surface area contributed by atoms with Gasteiger partial charge in [-0.15, -0.1) is 10.2 Å². The van der Waals surface area contributed by atoms with E-state index in [1.807, 2.05) is 0 Å². The van der Waals surface area contributed by atoms with Gasteiger partial charge in [0.15, 0.2) is 16.1 Å². The molecule has 2 aliphatic rings. The Hall–Kier alpha value is -1.84. The highest BCUT2D eigenvalue weighted by Gasteiger charge is 2.32. The minimum Gasteiger partial charge on any atom is -0.303 e. The summed E-state index contributed by atoms with van der Waals surface area (Å²) in [5.74, 6) is -0.259. The van der Waals surface area contributed by atoms with Crippen molar-refractivity contribution in [1.29, 1.82) is 0 Å². The van der Waals surface area contributed by atoms with Gasteiger partial charge in [0, 0.05) is 17.0 Å². The van der Waals surface area contributed by atoms with Crippen LogP contribution in [-0.4, -0.2) is 38.9 Å². The molecule has 10 heteroatoms. The van der Waals surface area contributed by atoms with Crippen molar-refractivity contribution in [2.75, 3.05) is 5.75 Å². The van der Waals surface area contributed by atoms with E-state index >= 15 is 0 Å². The van der Waals surface area contributed by atoms with E-state index in [9.17, 15) is 14.4 Å². The van der Waals surface area contributed by atoms with Crippen LogP contribution in [-0.2, 0) is 9.59 Å². The van der Waals surface area contributed by atoms with Gasteiger partial charge in [-0.05, 0) is 24.3 Å². The lowest BCUT2D eigenvalue weighted by Gasteiger charge is -2.04. The number of hydrogen-bond donors (Lipinski definition) is 2. The lowest BCUT2D eigenvalue weighted by Crippen LogP contribution is -2.26. The molecule has 1 aromatic rings. The van der Waals surface area contributed by atoms with E-state index in [1.54, 1.807) is 24.3 Å². The smallest absolute Gasteiger partial charge is 0.240 e. The number of thioether (sulfide) groups is 2. The Morgan fingerprint density at radius 2 is 1.88 bits per heavy atom. The van der Waals surface area contributed by atoms with Crippen molar-refractivity contribution < 1.29 is 14.4 Å². The molecule has 2 heterocycles. The highest BCUT2D eigenvalue weighted by molar-refractivity contribution is 8.15. The molecular formula is C14H11ClN4O3S2. The van der Waals surface area contributed by atoms with Gasteiger partial charge in [0.2, 0.25) is 11.8 Å². The molecule has 2 N–H and O–H groups in total. The Kier molecular flexibility index (Phi) is 5.22. The summed E-state index contributed by atoms with van der Waals surface area (Å²) in [5.41, 5.74) is 0.503. The van der Waals surface area contributed by atoms with E-state index in [4.69, 9.17) is 11.6 Å². The minimum atomic E-state index is -0.557. The Bertz CT molecular complexity index is 764. The summed E-state index contributed by atoms with van der Waals surface area (Å²) >= 11 is 8.17. The minimum absolute atomic E-state index is 0.0548. The van der Waals surface area contributed by atoms with Crippen molar-refractivity contribution in [3.8, 4) is 0 Å². The van der Waals surface area contributed by atoms with Crippen LogP contribution in [0.4, 0.5) is 0 Å². The number of halogens is 1. The van der Waals surface area contributed by atoms with Gasteiger partial charge in [0.1, 0.15) is 0 Å². The van der Waals surface area contributed by atoms with Crippen molar-refractivity contribution in [3.05, 3.63) is 34.9 Å². The zero-order valence-electron chi connectivity index (χ0n) is 12.1. The molecule has 0 aromatic heterocycles. The van der Waals surface area contributed by atoms with Gasteiger partial charge in [0.25, 0.3) is 0 Å². The summed E-state index contributed by atoms with van der Waals surface area (Å²) in [5, 5.41) is 13.6. The van der Waals surface area contributed by atoms with Crippen molar-refractivity contribution in [2.24, 2.45) is 10.2 Å². The lowest BCUT2D eigenvalue weighted by molar-refractivity contribution is -0.119. The lowest BCUT2D eigenvalue weighted by atomic mass is 10.1. The first-order valence-electron chi connectivity index (χ1n) is 6.86. The second-order valence-corrected chi connectivity index (χ2v) is 7.47. The van der Waals surface area contributed by atoms with Crippen LogP contribution in [0.5, 0.6) is 0 Å². The molecule has 2 saturated heterocycles. The maximum Gasteiger partial charge on any atom is 0.240 e. The van der Waals surface area contributed by atoms with Crippen LogP contribution < -0.4 is 10.6 Å². The Labute approximate surface area is 150 Å². The number of hydrogen-bond acceptors (Lipinski definition) is 7. The molecule has 2 aliphatic heterocycles. The second kappa shape index (κ2) is 7.37. The molecule has 1 atom stereocenters. The molecule has 0 aliphatic carbocycles. The average molecular weight is 383 g/mol. The molecule has 0 radical (unpaired) electrons. The summed E-state index contributed by atoms with van der Waals surface area (Å²) < 4.78 is 0.